The van der Waals surface area contributed by atoms with Crippen molar-refractivity contribution in [2.45, 2.75) is 0 Å². The first kappa shape index (κ1) is 16.0. The average molecular weight is 366 g/mol. The highest BCUT2D eigenvalue weighted by atomic mass is 35.5. The standard InChI is InChI=1S/C13H7Cl4NO3/c14-6-1-7(15)3-9(2-6)21-12-10(16)4-8(5-11(12)17)18-13(19)20/h1-5,18H,(H,19,20)/p-1. The van der Waals surface area contributed by atoms with Gasteiger partial charge in [0.05, 0.1) is 10.0 Å². The van der Waals surface area contributed by atoms with Crippen LogP contribution in [0.2, 0.25) is 20.1 Å². The molecule has 2 aromatic rings. The highest BCUT2D eigenvalue weighted by molar-refractivity contribution is 6.38. The summed E-state index contributed by atoms with van der Waals surface area (Å²) < 4.78 is 5.54. The third-order valence-electron chi connectivity index (χ3n) is 2.30. The van der Waals surface area contributed by atoms with Crippen LogP contribution in [0.25, 0.3) is 0 Å². The fraction of sp³-hybridized carbons (Fsp3) is 0. The van der Waals surface area contributed by atoms with E-state index in [1.807, 2.05) is 5.32 Å². The molecule has 21 heavy (non-hydrogen) atoms. The van der Waals surface area contributed by atoms with Crippen molar-refractivity contribution in [3.05, 3.63) is 50.4 Å². The first-order chi connectivity index (χ1) is 9.85. The number of amides is 1. The summed E-state index contributed by atoms with van der Waals surface area (Å²) in [5.74, 6) is 0.498. The maximum absolute atomic E-state index is 10.5. The van der Waals surface area contributed by atoms with Crippen molar-refractivity contribution in [2.24, 2.45) is 0 Å². The van der Waals surface area contributed by atoms with Crippen molar-refractivity contribution < 1.29 is 14.6 Å². The van der Waals surface area contributed by atoms with Crippen molar-refractivity contribution in [3.63, 3.8) is 0 Å². The number of ether oxygens (including phenoxy) is 1. The number of carboxylic acid groups (broad SMARTS) is 1. The molecule has 1 amide bonds. The van der Waals surface area contributed by atoms with Crippen LogP contribution in [-0.2, 0) is 0 Å². The molecule has 8 heteroatoms. The lowest BCUT2D eigenvalue weighted by Crippen LogP contribution is -2.28. The van der Waals surface area contributed by atoms with Crippen molar-refractivity contribution in [1.29, 1.82) is 0 Å². The molecule has 0 aliphatic carbocycles. The minimum absolute atomic E-state index is 0.113. The molecule has 0 saturated carbocycles. The predicted octanol–water partition coefficient (Wildman–Crippen LogP) is 4.85. The lowest BCUT2D eigenvalue weighted by Gasteiger charge is -2.13. The predicted molar refractivity (Wildman–Crippen MR) is 82.0 cm³/mol. The first-order valence-corrected chi connectivity index (χ1v) is 6.97. The van der Waals surface area contributed by atoms with Crippen LogP contribution in [-0.4, -0.2) is 6.09 Å². The van der Waals surface area contributed by atoms with Crippen LogP contribution in [0.5, 0.6) is 11.5 Å². The third kappa shape index (κ3) is 4.32. The van der Waals surface area contributed by atoms with Gasteiger partial charge in [0.25, 0.3) is 0 Å². The average Bonchev–Trinajstić information content (AvgIpc) is 2.31. The molecule has 0 atom stereocenters. The van der Waals surface area contributed by atoms with Gasteiger partial charge in [-0.2, -0.15) is 0 Å². The van der Waals surface area contributed by atoms with E-state index in [1.54, 1.807) is 6.07 Å². The van der Waals surface area contributed by atoms with Crippen LogP contribution in [0.1, 0.15) is 0 Å². The van der Waals surface area contributed by atoms with Crippen molar-refractivity contribution >= 4 is 58.2 Å². The summed E-state index contributed by atoms with van der Waals surface area (Å²) in [5, 5.41) is 13.5. The summed E-state index contributed by atoms with van der Waals surface area (Å²) in [7, 11) is 0. The Hall–Kier alpha value is -1.33. The number of hydrogen-bond donors (Lipinski definition) is 1. The third-order valence-corrected chi connectivity index (χ3v) is 3.30. The molecule has 0 aliphatic heterocycles. The Morgan fingerprint density at radius 3 is 1.95 bits per heavy atom. The van der Waals surface area contributed by atoms with E-state index in [1.165, 1.54) is 24.3 Å². The number of rotatable bonds is 3. The van der Waals surface area contributed by atoms with Gasteiger partial charge in [-0.25, -0.2) is 0 Å². The van der Waals surface area contributed by atoms with Gasteiger partial charge in [-0.05, 0) is 30.3 Å². The normalized spacial score (nSPS) is 10.3. The molecule has 0 fully saturated rings. The highest BCUT2D eigenvalue weighted by Gasteiger charge is 2.12. The molecule has 0 radical (unpaired) electrons. The Balaban J connectivity index is 2.34. The van der Waals surface area contributed by atoms with E-state index in [0.29, 0.717) is 15.8 Å². The maximum atomic E-state index is 10.5. The monoisotopic (exact) mass is 364 g/mol. The van der Waals surface area contributed by atoms with Crippen LogP contribution in [0.15, 0.2) is 30.3 Å². The van der Waals surface area contributed by atoms with Gasteiger partial charge in [-0.1, -0.05) is 46.4 Å². The minimum Gasteiger partial charge on any atom is -0.530 e. The van der Waals surface area contributed by atoms with Gasteiger partial charge < -0.3 is 20.0 Å². The van der Waals surface area contributed by atoms with E-state index in [-0.39, 0.29) is 21.5 Å². The van der Waals surface area contributed by atoms with E-state index in [0.717, 1.165) is 0 Å². The summed E-state index contributed by atoms with van der Waals surface area (Å²) >= 11 is 23.8. The van der Waals surface area contributed by atoms with Crippen molar-refractivity contribution in [3.8, 4) is 11.5 Å². The number of halogens is 4. The summed E-state index contributed by atoms with van der Waals surface area (Å²) in [4.78, 5) is 10.5. The molecule has 0 heterocycles. The topological polar surface area (TPSA) is 61.4 Å². The Morgan fingerprint density at radius 1 is 0.952 bits per heavy atom. The quantitative estimate of drug-likeness (QED) is 0.845. The number of anilines is 1. The lowest BCUT2D eigenvalue weighted by molar-refractivity contribution is -0.242. The molecule has 110 valence electrons. The zero-order valence-corrected chi connectivity index (χ0v) is 13.1. The van der Waals surface area contributed by atoms with Gasteiger partial charge in [0.1, 0.15) is 11.8 Å². The van der Waals surface area contributed by atoms with Gasteiger partial charge in [0, 0.05) is 15.7 Å². The van der Waals surface area contributed by atoms with E-state index >= 15 is 0 Å². The first-order valence-electron chi connectivity index (χ1n) is 5.46. The van der Waals surface area contributed by atoms with Crippen LogP contribution < -0.4 is 15.2 Å². The molecule has 2 aromatic carbocycles. The smallest absolute Gasteiger partial charge is 0.164 e. The summed E-state index contributed by atoms with van der Waals surface area (Å²) in [6, 6.07) is 7.29. The molecule has 1 N–H and O–H groups in total. The molecule has 0 aliphatic rings. The van der Waals surface area contributed by atoms with Crippen molar-refractivity contribution in [1.82, 2.24) is 0 Å². The SMILES string of the molecule is O=C([O-])Nc1cc(Cl)c(Oc2cc(Cl)cc(Cl)c2)c(Cl)c1. The summed E-state index contributed by atoms with van der Waals surface area (Å²) in [6.45, 7) is 0. The van der Waals surface area contributed by atoms with E-state index in [2.05, 4.69) is 0 Å². The number of benzene rings is 2. The minimum atomic E-state index is -1.47. The van der Waals surface area contributed by atoms with Gasteiger partial charge in [-0.15, -0.1) is 0 Å². The number of hydrogen-bond acceptors (Lipinski definition) is 3. The molecule has 2 rings (SSSR count). The van der Waals surface area contributed by atoms with Crippen molar-refractivity contribution in [2.75, 3.05) is 5.32 Å². The van der Waals surface area contributed by atoms with Crippen LogP contribution in [0, 0.1) is 0 Å². The van der Waals surface area contributed by atoms with Crippen LogP contribution >= 0.6 is 46.4 Å². The number of nitrogens with one attached hydrogen (secondary N) is 1. The fourth-order valence-electron chi connectivity index (χ4n) is 1.55. The van der Waals surface area contributed by atoms with Gasteiger partial charge >= 0.3 is 0 Å². The molecule has 0 bridgehead atoms. The second kappa shape index (κ2) is 6.62. The van der Waals surface area contributed by atoms with Crippen LogP contribution in [0.3, 0.4) is 0 Å². The summed E-state index contributed by atoms with van der Waals surface area (Å²) in [6.07, 6.45) is -1.47. The molecule has 0 unspecified atom stereocenters. The number of carbonyl (C=O) groups excluding carboxylic acids is 1. The zero-order valence-electron chi connectivity index (χ0n) is 10.1. The maximum Gasteiger partial charge on any atom is 0.164 e. The Morgan fingerprint density at radius 2 is 1.48 bits per heavy atom. The molecule has 4 nitrogen and oxygen atoms in total. The second-order valence-corrected chi connectivity index (χ2v) is 5.58. The van der Waals surface area contributed by atoms with E-state index in [4.69, 9.17) is 51.1 Å². The second-order valence-electron chi connectivity index (χ2n) is 3.89. The molecule has 0 spiro atoms. The molecular formula is C13H6Cl4NO3-. The largest absolute Gasteiger partial charge is 0.530 e. The van der Waals surface area contributed by atoms with Gasteiger partial charge in [0.2, 0.25) is 0 Å². The van der Waals surface area contributed by atoms with E-state index in [9.17, 15) is 9.90 Å². The highest BCUT2D eigenvalue weighted by Crippen LogP contribution is 2.39. The molecular weight excluding hydrogens is 360 g/mol. The summed E-state index contributed by atoms with van der Waals surface area (Å²) in [5.41, 5.74) is 0.168. The van der Waals surface area contributed by atoms with Crippen LogP contribution in [0.4, 0.5) is 10.5 Å². The van der Waals surface area contributed by atoms with Gasteiger partial charge in [0.15, 0.2) is 5.75 Å². The fourth-order valence-corrected chi connectivity index (χ4v) is 2.62. The lowest BCUT2D eigenvalue weighted by atomic mass is 10.3. The Bertz CT molecular complexity index is 663. The number of carbonyl (C=O) groups is 1. The molecule has 0 saturated heterocycles. The molecule has 0 aromatic heterocycles. The Labute approximate surface area is 140 Å². The van der Waals surface area contributed by atoms with Gasteiger partial charge in [-0.3, -0.25) is 0 Å². The van der Waals surface area contributed by atoms with E-state index < -0.39 is 6.09 Å². The Kier molecular flexibility index (Phi) is 5.06. The zero-order chi connectivity index (χ0) is 15.6.